The van der Waals surface area contributed by atoms with Gasteiger partial charge in [-0.3, -0.25) is 20.6 Å². The second-order valence-electron chi connectivity index (χ2n) is 9.34. The molecule has 0 aliphatic rings. The summed E-state index contributed by atoms with van der Waals surface area (Å²) in [4.78, 5) is 22.9. The van der Waals surface area contributed by atoms with E-state index in [1.807, 2.05) is 26.0 Å². The van der Waals surface area contributed by atoms with Gasteiger partial charge in [-0.2, -0.15) is 0 Å². The fourth-order valence-electron chi connectivity index (χ4n) is 4.33. The van der Waals surface area contributed by atoms with Crippen molar-refractivity contribution in [2.24, 2.45) is 11.7 Å². The molecule has 0 bridgehead atoms. The third kappa shape index (κ3) is 5.97. The zero-order valence-corrected chi connectivity index (χ0v) is 23.6. The van der Waals surface area contributed by atoms with E-state index in [-0.39, 0.29) is 29.1 Å². The van der Waals surface area contributed by atoms with Crippen molar-refractivity contribution in [1.29, 1.82) is 10.8 Å². The quantitative estimate of drug-likeness (QED) is 0.119. The Hall–Kier alpha value is -3.50. The summed E-state index contributed by atoms with van der Waals surface area (Å²) in [6, 6.07) is 10.0. The van der Waals surface area contributed by atoms with Crippen molar-refractivity contribution >= 4 is 55.1 Å². The molecule has 0 spiro atoms. The molecule has 10 heteroatoms. The zero-order chi connectivity index (χ0) is 27.6. The van der Waals surface area contributed by atoms with E-state index in [0.717, 1.165) is 15.6 Å². The van der Waals surface area contributed by atoms with Crippen LogP contribution in [0.1, 0.15) is 53.6 Å². The third-order valence-corrected chi connectivity index (χ3v) is 7.92. The van der Waals surface area contributed by atoms with Crippen molar-refractivity contribution in [3.63, 3.8) is 0 Å². The first-order valence-electron chi connectivity index (χ1n) is 12.0. The Morgan fingerprint density at radius 3 is 2.45 bits per heavy atom. The molecule has 0 saturated carbocycles. The summed E-state index contributed by atoms with van der Waals surface area (Å²) in [5.74, 6) is -1.24. The van der Waals surface area contributed by atoms with E-state index in [1.54, 1.807) is 18.3 Å². The number of halogens is 2. The molecule has 1 amide bonds. The molecule has 0 fully saturated rings. The molecule has 4 rings (SSSR count). The number of nitrogens with one attached hydrogen (secondary N) is 2. The van der Waals surface area contributed by atoms with Crippen molar-refractivity contribution in [2.75, 3.05) is 0 Å². The molecule has 0 aliphatic carbocycles. The molecule has 1 aromatic carbocycles. The van der Waals surface area contributed by atoms with Gasteiger partial charge < -0.3 is 10.5 Å². The highest BCUT2D eigenvalue weighted by Crippen LogP contribution is 2.41. The van der Waals surface area contributed by atoms with Crippen LogP contribution in [0, 0.1) is 22.6 Å². The van der Waals surface area contributed by atoms with Gasteiger partial charge in [-0.25, -0.2) is 9.37 Å². The number of nitrogens with zero attached hydrogens (tertiary/aromatic N) is 2. The molecule has 3 heterocycles. The SMILES string of the molecule is CC(=N)OC(=N)c1c(CCc2ccc(F)cc2)nc(CC(C)C)c(C(N)=O)c1-c1cc2ccnc(Br)c2s1. The Labute approximate surface area is 232 Å². The maximum absolute atomic E-state index is 13.5. The van der Waals surface area contributed by atoms with Crippen LogP contribution < -0.4 is 5.73 Å². The Morgan fingerprint density at radius 2 is 1.84 bits per heavy atom. The minimum absolute atomic E-state index is 0.166. The minimum atomic E-state index is -0.650. The van der Waals surface area contributed by atoms with Crippen molar-refractivity contribution in [3.05, 3.63) is 81.1 Å². The number of aryl methyl sites for hydroxylation is 2. The summed E-state index contributed by atoms with van der Waals surface area (Å²) in [7, 11) is 0. The molecule has 38 heavy (non-hydrogen) atoms. The lowest BCUT2D eigenvalue weighted by Gasteiger charge is -2.21. The van der Waals surface area contributed by atoms with Gasteiger partial charge in [0.25, 0.3) is 5.91 Å². The molecule has 0 aliphatic heterocycles. The second-order valence-corrected chi connectivity index (χ2v) is 11.1. The lowest BCUT2D eigenvalue weighted by molar-refractivity contribution is 0.0999. The Balaban J connectivity index is 2.01. The maximum atomic E-state index is 13.5. The topological polar surface area (TPSA) is 126 Å². The molecule has 7 nitrogen and oxygen atoms in total. The normalized spacial score (nSPS) is 11.2. The van der Waals surface area contributed by atoms with Gasteiger partial charge in [0.05, 0.1) is 27.2 Å². The van der Waals surface area contributed by atoms with Crippen LogP contribution in [0.2, 0.25) is 0 Å². The van der Waals surface area contributed by atoms with Gasteiger partial charge in [0.15, 0.2) is 5.90 Å². The predicted molar refractivity (Wildman–Crippen MR) is 153 cm³/mol. The van der Waals surface area contributed by atoms with E-state index in [9.17, 15) is 9.18 Å². The fraction of sp³-hybridized carbons (Fsp3) is 0.250. The Kier molecular flexibility index (Phi) is 8.32. The summed E-state index contributed by atoms with van der Waals surface area (Å²) in [5.41, 5.74) is 8.99. The molecule has 0 unspecified atom stereocenters. The maximum Gasteiger partial charge on any atom is 0.251 e. The molecule has 3 aromatic heterocycles. The van der Waals surface area contributed by atoms with Gasteiger partial charge in [-0.1, -0.05) is 26.0 Å². The van der Waals surface area contributed by atoms with Crippen LogP contribution in [-0.2, 0) is 24.0 Å². The van der Waals surface area contributed by atoms with Crippen LogP contribution in [0.15, 0.2) is 47.2 Å². The first-order chi connectivity index (χ1) is 18.0. The number of carbonyl (C=O) groups excluding carboxylic acids is 1. The van der Waals surface area contributed by atoms with Gasteiger partial charge in [0.1, 0.15) is 10.4 Å². The standard InChI is InChI=1S/C28H27BrFN5O2S/c1-14(2)12-20-22(27(32)36)24(21-13-17-10-11-34-26(29)25(17)38-21)23(28(33)37-15(3)31)19(35-20)9-6-16-4-7-18(30)8-5-16/h4-5,7-8,10-11,13-14,31,33H,6,9,12H2,1-3H3,(H2,32,36). The Bertz CT molecular complexity index is 1550. The van der Waals surface area contributed by atoms with Crippen LogP contribution >= 0.6 is 27.3 Å². The lowest BCUT2D eigenvalue weighted by Crippen LogP contribution is -2.23. The van der Waals surface area contributed by atoms with Crippen molar-refractivity contribution in [3.8, 4) is 10.4 Å². The number of rotatable bonds is 8. The van der Waals surface area contributed by atoms with Gasteiger partial charge in [-0.05, 0) is 76.3 Å². The van der Waals surface area contributed by atoms with Crippen LogP contribution in [0.3, 0.4) is 0 Å². The van der Waals surface area contributed by atoms with Gasteiger partial charge in [0.2, 0.25) is 5.90 Å². The monoisotopic (exact) mass is 595 g/mol. The number of pyridine rings is 2. The van der Waals surface area contributed by atoms with Crippen LogP contribution in [0.5, 0.6) is 0 Å². The molecule has 0 saturated heterocycles. The lowest BCUT2D eigenvalue weighted by atomic mass is 9.91. The van der Waals surface area contributed by atoms with E-state index in [4.69, 9.17) is 26.3 Å². The van der Waals surface area contributed by atoms with Gasteiger partial charge in [-0.15, -0.1) is 11.3 Å². The molecule has 4 N–H and O–H groups in total. The number of primary amides is 1. The molecular weight excluding hydrogens is 569 g/mol. The third-order valence-electron chi connectivity index (χ3n) is 5.88. The van der Waals surface area contributed by atoms with Crippen LogP contribution in [0.4, 0.5) is 4.39 Å². The van der Waals surface area contributed by atoms with E-state index >= 15 is 0 Å². The number of amides is 1. The number of carbonyl (C=O) groups is 1. The average molecular weight is 597 g/mol. The highest BCUT2D eigenvalue weighted by molar-refractivity contribution is 9.10. The highest BCUT2D eigenvalue weighted by atomic mass is 79.9. The Morgan fingerprint density at radius 1 is 1.13 bits per heavy atom. The summed E-state index contributed by atoms with van der Waals surface area (Å²) in [6.07, 6.45) is 3.11. The van der Waals surface area contributed by atoms with E-state index in [2.05, 4.69) is 20.9 Å². The number of aromatic nitrogens is 2. The number of hydrogen-bond acceptors (Lipinski definition) is 7. The number of nitrogens with two attached hydrogens (primary N) is 1. The zero-order valence-electron chi connectivity index (χ0n) is 21.2. The van der Waals surface area contributed by atoms with E-state index < -0.39 is 5.91 Å². The van der Waals surface area contributed by atoms with E-state index in [0.29, 0.717) is 51.3 Å². The summed E-state index contributed by atoms with van der Waals surface area (Å²) >= 11 is 4.92. The van der Waals surface area contributed by atoms with Gasteiger partial charge >= 0.3 is 0 Å². The molecular formula is C28H27BrFN5O2S. The molecule has 196 valence electrons. The number of hydrogen-bond donors (Lipinski definition) is 3. The molecule has 0 atom stereocenters. The number of fused-ring (bicyclic) bond motifs is 1. The van der Waals surface area contributed by atoms with E-state index in [1.165, 1.54) is 30.4 Å². The average Bonchev–Trinajstić information content (AvgIpc) is 3.27. The first-order valence-corrected chi connectivity index (χ1v) is 13.6. The first kappa shape index (κ1) is 27.5. The van der Waals surface area contributed by atoms with Crippen LogP contribution in [0.25, 0.3) is 20.5 Å². The van der Waals surface area contributed by atoms with Crippen LogP contribution in [-0.4, -0.2) is 27.7 Å². The summed E-state index contributed by atoms with van der Waals surface area (Å²) in [6.45, 7) is 5.50. The number of thiophene rings is 1. The molecule has 4 aromatic rings. The predicted octanol–water partition coefficient (Wildman–Crippen LogP) is 6.68. The summed E-state index contributed by atoms with van der Waals surface area (Å²) in [5, 5.41) is 17.6. The molecule has 0 radical (unpaired) electrons. The smallest absolute Gasteiger partial charge is 0.251 e. The van der Waals surface area contributed by atoms with Crippen molar-refractivity contribution in [2.45, 2.75) is 40.0 Å². The fourth-order valence-corrected chi connectivity index (χ4v) is 6.02. The largest absolute Gasteiger partial charge is 0.425 e. The highest BCUT2D eigenvalue weighted by Gasteiger charge is 2.29. The summed E-state index contributed by atoms with van der Waals surface area (Å²) < 4.78 is 20.5. The number of benzene rings is 1. The minimum Gasteiger partial charge on any atom is -0.425 e. The van der Waals surface area contributed by atoms with Crippen molar-refractivity contribution < 1.29 is 13.9 Å². The van der Waals surface area contributed by atoms with Crippen molar-refractivity contribution in [1.82, 2.24) is 9.97 Å². The second kappa shape index (κ2) is 11.5. The number of ether oxygens (including phenoxy) is 1. The van der Waals surface area contributed by atoms with Gasteiger partial charge in [0, 0.05) is 23.6 Å².